The first-order valence-corrected chi connectivity index (χ1v) is 10.9. The minimum Gasteiger partial charge on any atom is -0.399 e. The number of fused-ring (bicyclic) bond motifs is 2. The highest BCUT2D eigenvalue weighted by molar-refractivity contribution is 6.28. The summed E-state index contributed by atoms with van der Waals surface area (Å²) in [4.78, 5) is 26.4. The van der Waals surface area contributed by atoms with Crippen LogP contribution in [0.4, 0.5) is 11.4 Å². The number of carbonyl (C=O) groups excluding carboxylic acids is 2. The van der Waals surface area contributed by atoms with Gasteiger partial charge >= 0.3 is 0 Å². The standard InChI is InChI=1S/C30H22N2O2/c31-23-11-5-19(6-12-23)1-3-21-9-15-25-27(17-21)29(33)26-16-10-22(18-28(26)30(25)34)4-2-20-7-13-24(32)14-8-20/h1-18H,31-32H2. The second-order valence-electron chi connectivity index (χ2n) is 8.27. The molecule has 0 unspecified atom stereocenters. The van der Waals surface area contributed by atoms with Crippen molar-refractivity contribution in [2.75, 3.05) is 11.5 Å². The predicted molar refractivity (Wildman–Crippen MR) is 139 cm³/mol. The number of rotatable bonds is 4. The van der Waals surface area contributed by atoms with Gasteiger partial charge in [0.15, 0.2) is 11.6 Å². The van der Waals surface area contributed by atoms with Crippen molar-refractivity contribution in [3.8, 4) is 0 Å². The minimum absolute atomic E-state index is 0.138. The maximum absolute atomic E-state index is 13.2. The van der Waals surface area contributed by atoms with E-state index in [0.29, 0.717) is 33.6 Å². The number of carbonyl (C=O) groups is 2. The van der Waals surface area contributed by atoms with E-state index >= 15 is 0 Å². The molecule has 0 saturated carbocycles. The van der Waals surface area contributed by atoms with Gasteiger partial charge in [-0.3, -0.25) is 9.59 Å². The van der Waals surface area contributed by atoms with Crippen LogP contribution in [0.25, 0.3) is 24.3 Å². The molecule has 34 heavy (non-hydrogen) atoms. The highest BCUT2D eigenvalue weighted by Crippen LogP contribution is 2.29. The van der Waals surface area contributed by atoms with Crippen molar-refractivity contribution in [3.63, 3.8) is 0 Å². The van der Waals surface area contributed by atoms with Crippen LogP contribution in [0.3, 0.4) is 0 Å². The van der Waals surface area contributed by atoms with Crippen molar-refractivity contribution in [2.24, 2.45) is 0 Å². The molecule has 4 N–H and O–H groups in total. The normalized spacial score (nSPS) is 12.8. The summed E-state index contributed by atoms with van der Waals surface area (Å²) >= 11 is 0. The number of ketones is 2. The van der Waals surface area contributed by atoms with Crippen molar-refractivity contribution in [2.45, 2.75) is 0 Å². The third-order valence-corrected chi connectivity index (χ3v) is 5.88. The monoisotopic (exact) mass is 442 g/mol. The summed E-state index contributed by atoms with van der Waals surface area (Å²) in [5, 5.41) is 0. The average Bonchev–Trinajstić information content (AvgIpc) is 2.86. The van der Waals surface area contributed by atoms with Crippen LogP contribution in [0.15, 0.2) is 84.9 Å². The maximum Gasteiger partial charge on any atom is 0.194 e. The van der Waals surface area contributed by atoms with Crippen LogP contribution in [0, 0.1) is 0 Å². The molecule has 0 fully saturated rings. The Kier molecular flexibility index (Phi) is 5.40. The van der Waals surface area contributed by atoms with E-state index in [4.69, 9.17) is 11.5 Å². The summed E-state index contributed by atoms with van der Waals surface area (Å²) in [6.07, 6.45) is 7.74. The van der Waals surface area contributed by atoms with Gasteiger partial charge in [-0.05, 0) is 70.8 Å². The summed E-state index contributed by atoms with van der Waals surface area (Å²) in [5.74, 6) is -0.275. The quantitative estimate of drug-likeness (QED) is 0.265. The van der Waals surface area contributed by atoms with E-state index in [-0.39, 0.29) is 11.6 Å². The number of anilines is 2. The lowest BCUT2D eigenvalue weighted by Crippen LogP contribution is -2.21. The maximum atomic E-state index is 13.2. The van der Waals surface area contributed by atoms with E-state index in [9.17, 15) is 9.59 Å². The summed E-state index contributed by atoms with van der Waals surface area (Å²) < 4.78 is 0. The Balaban J connectivity index is 1.42. The van der Waals surface area contributed by atoms with E-state index in [1.165, 1.54) is 0 Å². The lowest BCUT2D eigenvalue weighted by atomic mass is 9.82. The minimum atomic E-state index is -0.138. The Morgan fingerprint density at radius 1 is 0.412 bits per heavy atom. The van der Waals surface area contributed by atoms with Crippen LogP contribution in [0.2, 0.25) is 0 Å². The molecule has 4 aromatic carbocycles. The zero-order chi connectivity index (χ0) is 23.7. The summed E-state index contributed by atoms with van der Waals surface area (Å²) in [6, 6.07) is 25.8. The molecule has 0 bridgehead atoms. The van der Waals surface area contributed by atoms with Gasteiger partial charge in [-0.15, -0.1) is 0 Å². The first-order chi connectivity index (χ1) is 16.5. The molecule has 0 amide bonds. The van der Waals surface area contributed by atoms with E-state index < -0.39 is 0 Å². The summed E-state index contributed by atoms with van der Waals surface area (Å²) in [6.45, 7) is 0. The number of benzene rings is 4. The molecule has 1 aliphatic rings. The molecular formula is C30H22N2O2. The van der Waals surface area contributed by atoms with Crippen molar-refractivity contribution >= 4 is 47.2 Å². The van der Waals surface area contributed by atoms with Crippen molar-refractivity contribution < 1.29 is 9.59 Å². The smallest absolute Gasteiger partial charge is 0.194 e. The second kappa shape index (κ2) is 8.68. The predicted octanol–water partition coefficient (Wildman–Crippen LogP) is 5.97. The van der Waals surface area contributed by atoms with E-state index in [1.807, 2.05) is 85.0 Å². The molecule has 0 aliphatic heterocycles. The zero-order valence-electron chi connectivity index (χ0n) is 18.4. The van der Waals surface area contributed by atoms with Crippen LogP contribution >= 0.6 is 0 Å². The molecule has 164 valence electrons. The summed E-state index contributed by atoms with van der Waals surface area (Å²) in [7, 11) is 0. The van der Waals surface area contributed by atoms with Gasteiger partial charge in [-0.2, -0.15) is 0 Å². The van der Waals surface area contributed by atoms with Gasteiger partial charge in [0.25, 0.3) is 0 Å². The Morgan fingerprint density at radius 3 is 1.12 bits per heavy atom. The number of nitrogens with two attached hydrogens (primary N) is 2. The number of hydrogen-bond donors (Lipinski definition) is 2. The second-order valence-corrected chi connectivity index (χ2v) is 8.27. The van der Waals surface area contributed by atoms with Crippen LogP contribution in [-0.2, 0) is 0 Å². The van der Waals surface area contributed by atoms with Crippen LogP contribution in [-0.4, -0.2) is 11.6 Å². The summed E-state index contributed by atoms with van der Waals surface area (Å²) in [5.41, 5.74) is 18.3. The molecule has 4 nitrogen and oxygen atoms in total. The SMILES string of the molecule is Nc1ccc(C=Cc2ccc3c(c2)C(=O)c2ccc(C=Cc4ccc(N)cc4)cc2C3=O)cc1. The number of hydrogen-bond acceptors (Lipinski definition) is 4. The first kappa shape index (κ1) is 21.2. The molecule has 0 saturated heterocycles. The fourth-order valence-electron chi connectivity index (χ4n) is 3.99. The zero-order valence-corrected chi connectivity index (χ0v) is 18.4. The van der Waals surface area contributed by atoms with Gasteiger partial charge in [-0.1, -0.05) is 60.7 Å². The molecule has 0 atom stereocenters. The molecule has 5 rings (SSSR count). The van der Waals surface area contributed by atoms with Crippen LogP contribution in [0.1, 0.15) is 54.1 Å². The van der Waals surface area contributed by atoms with Crippen LogP contribution < -0.4 is 11.5 Å². The molecule has 0 heterocycles. The van der Waals surface area contributed by atoms with Crippen LogP contribution in [0.5, 0.6) is 0 Å². The van der Waals surface area contributed by atoms with Gasteiger partial charge < -0.3 is 11.5 Å². The van der Waals surface area contributed by atoms with Gasteiger partial charge in [-0.25, -0.2) is 0 Å². The Labute approximate surface area is 197 Å². The van der Waals surface area contributed by atoms with Gasteiger partial charge in [0.05, 0.1) is 0 Å². The fourth-order valence-corrected chi connectivity index (χ4v) is 3.99. The average molecular weight is 443 g/mol. The highest BCUT2D eigenvalue weighted by Gasteiger charge is 2.29. The van der Waals surface area contributed by atoms with Crippen molar-refractivity contribution in [1.82, 2.24) is 0 Å². The third-order valence-electron chi connectivity index (χ3n) is 5.88. The van der Waals surface area contributed by atoms with E-state index in [1.54, 1.807) is 24.3 Å². The van der Waals surface area contributed by atoms with E-state index in [2.05, 4.69) is 0 Å². The van der Waals surface area contributed by atoms with Gasteiger partial charge in [0.2, 0.25) is 0 Å². The largest absolute Gasteiger partial charge is 0.399 e. The molecule has 4 heteroatoms. The van der Waals surface area contributed by atoms with E-state index in [0.717, 1.165) is 22.3 Å². The van der Waals surface area contributed by atoms with Gasteiger partial charge in [0.1, 0.15) is 0 Å². The molecular weight excluding hydrogens is 420 g/mol. The Bertz CT molecular complexity index is 1360. The third kappa shape index (κ3) is 4.17. The lowest BCUT2D eigenvalue weighted by molar-refractivity contribution is 0.0979. The van der Waals surface area contributed by atoms with Gasteiger partial charge in [0, 0.05) is 33.6 Å². The molecule has 4 aromatic rings. The first-order valence-electron chi connectivity index (χ1n) is 10.9. The number of nitrogen functional groups attached to an aromatic ring is 2. The molecule has 0 radical (unpaired) electrons. The Hall–Kier alpha value is -4.70. The Morgan fingerprint density at radius 2 is 0.735 bits per heavy atom. The van der Waals surface area contributed by atoms with Crippen molar-refractivity contribution in [1.29, 1.82) is 0 Å². The highest BCUT2D eigenvalue weighted by atomic mass is 16.1. The molecule has 0 aromatic heterocycles. The fraction of sp³-hybridized carbons (Fsp3) is 0. The molecule has 1 aliphatic carbocycles. The van der Waals surface area contributed by atoms with Crippen molar-refractivity contribution in [3.05, 3.63) is 129 Å². The lowest BCUT2D eigenvalue weighted by Gasteiger charge is -2.18. The molecule has 0 spiro atoms. The topological polar surface area (TPSA) is 86.2 Å².